The Balaban J connectivity index is 1.61. The molecular weight excluding hydrogens is 366 g/mol. The highest BCUT2D eigenvalue weighted by molar-refractivity contribution is 5.59. The summed E-state index contributed by atoms with van der Waals surface area (Å²) in [6.45, 7) is 0. The third-order valence-electron chi connectivity index (χ3n) is 4.92. The lowest BCUT2D eigenvalue weighted by molar-refractivity contribution is 0.414. The molecule has 0 fully saturated rings. The Morgan fingerprint density at radius 2 is 1.72 bits per heavy atom. The molecule has 0 amide bonds. The standard InChI is InChI=1S/C22H17N5O2/c1-28-17-6-3-15(4-7-17)5-9-19-21-11-16-13-24-25-27(16)22-12-18(29-2)8-10-20(22)26(21)14-23-19/h3-4,6-8,10,12-14H,11H2,1-2H3. The summed E-state index contributed by atoms with van der Waals surface area (Å²) in [6.07, 6.45) is 4.20. The maximum absolute atomic E-state index is 5.39. The van der Waals surface area contributed by atoms with Crippen molar-refractivity contribution in [3.05, 3.63) is 77.6 Å². The molecule has 5 rings (SSSR count). The fourth-order valence-corrected chi connectivity index (χ4v) is 3.42. The highest BCUT2D eigenvalue weighted by Crippen LogP contribution is 2.31. The number of aromatic nitrogens is 5. The van der Waals surface area contributed by atoms with Gasteiger partial charge in [-0.1, -0.05) is 11.1 Å². The number of methoxy groups -OCH3 is 2. The Kier molecular flexibility index (Phi) is 4.03. The van der Waals surface area contributed by atoms with E-state index in [4.69, 9.17) is 9.47 Å². The van der Waals surface area contributed by atoms with Crippen molar-refractivity contribution in [2.45, 2.75) is 6.42 Å². The number of ether oxygens (including phenoxy) is 2. The summed E-state index contributed by atoms with van der Waals surface area (Å²) in [5.41, 5.74) is 5.44. The number of hydrogen-bond donors (Lipinski definition) is 0. The molecule has 0 atom stereocenters. The van der Waals surface area contributed by atoms with E-state index < -0.39 is 0 Å². The molecule has 0 saturated carbocycles. The number of benzene rings is 2. The van der Waals surface area contributed by atoms with Crippen LogP contribution in [0.2, 0.25) is 0 Å². The van der Waals surface area contributed by atoms with Gasteiger partial charge in [-0.15, -0.1) is 5.10 Å². The van der Waals surface area contributed by atoms with Crippen LogP contribution in [-0.4, -0.2) is 38.8 Å². The number of nitrogens with zero attached hydrogens (tertiary/aromatic N) is 5. The van der Waals surface area contributed by atoms with Crippen molar-refractivity contribution in [1.29, 1.82) is 0 Å². The molecule has 0 bridgehead atoms. The zero-order valence-electron chi connectivity index (χ0n) is 16.0. The summed E-state index contributed by atoms with van der Waals surface area (Å²) < 4.78 is 14.5. The van der Waals surface area contributed by atoms with E-state index in [1.54, 1.807) is 26.7 Å². The lowest BCUT2D eigenvalue weighted by Crippen LogP contribution is -2.03. The van der Waals surface area contributed by atoms with Crippen LogP contribution in [0.1, 0.15) is 22.6 Å². The Labute approximate surface area is 167 Å². The largest absolute Gasteiger partial charge is 0.497 e. The van der Waals surface area contributed by atoms with Gasteiger partial charge in [0.05, 0.1) is 43.2 Å². The third-order valence-corrected chi connectivity index (χ3v) is 4.92. The summed E-state index contributed by atoms with van der Waals surface area (Å²) in [5, 5.41) is 8.36. The Hall–Kier alpha value is -4.05. The molecule has 0 saturated heterocycles. The van der Waals surface area contributed by atoms with E-state index in [-0.39, 0.29) is 0 Å². The molecule has 2 aromatic heterocycles. The minimum absolute atomic E-state index is 0.622. The molecule has 7 nitrogen and oxygen atoms in total. The lowest BCUT2D eigenvalue weighted by atomic mass is 10.1. The molecule has 0 radical (unpaired) electrons. The van der Waals surface area contributed by atoms with E-state index in [1.807, 2.05) is 47.1 Å². The fraction of sp³-hybridized carbons (Fsp3) is 0.136. The number of imidazole rings is 1. The monoisotopic (exact) mass is 383 g/mol. The Morgan fingerprint density at radius 3 is 2.52 bits per heavy atom. The van der Waals surface area contributed by atoms with Gasteiger partial charge in [0, 0.05) is 18.1 Å². The van der Waals surface area contributed by atoms with Crippen LogP contribution < -0.4 is 9.47 Å². The van der Waals surface area contributed by atoms with E-state index in [0.29, 0.717) is 6.42 Å². The van der Waals surface area contributed by atoms with E-state index in [9.17, 15) is 0 Å². The van der Waals surface area contributed by atoms with E-state index in [2.05, 4.69) is 31.7 Å². The molecule has 4 aromatic rings. The van der Waals surface area contributed by atoms with Gasteiger partial charge < -0.3 is 9.47 Å². The molecule has 1 aliphatic heterocycles. The second kappa shape index (κ2) is 6.84. The van der Waals surface area contributed by atoms with Crippen LogP contribution in [0.15, 0.2) is 55.0 Å². The predicted octanol–water partition coefficient (Wildman–Crippen LogP) is 2.77. The minimum Gasteiger partial charge on any atom is -0.497 e. The van der Waals surface area contributed by atoms with Crippen LogP contribution >= 0.6 is 0 Å². The van der Waals surface area contributed by atoms with Crippen LogP contribution in [0.5, 0.6) is 11.5 Å². The van der Waals surface area contributed by atoms with Gasteiger partial charge in [0.15, 0.2) is 0 Å². The lowest BCUT2D eigenvalue weighted by Gasteiger charge is -2.11. The van der Waals surface area contributed by atoms with E-state index in [1.165, 1.54) is 0 Å². The van der Waals surface area contributed by atoms with Crippen molar-refractivity contribution in [3.63, 3.8) is 0 Å². The highest BCUT2D eigenvalue weighted by Gasteiger charge is 2.23. The molecule has 1 aliphatic rings. The van der Waals surface area contributed by atoms with Crippen molar-refractivity contribution in [2.75, 3.05) is 14.2 Å². The van der Waals surface area contributed by atoms with Crippen molar-refractivity contribution < 1.29 is 9.47 Å². The average molecular weight is 383 g/mol. The van der Waals surface area contributed by atoms with Gasteiger partial charge in [-0.05, 0) is 42.3 Å². The number of hydrogen-bond acceptors (Lipinski definition) is 5. The van der Waals surface area contributed by atoms with Crippen molar-refractivity contribution in [2.24, 2.45) is 0 Å². The van der Waals surface area contributed by atoms with E-state index in [0.717, 1.165) is 45.5 Å². The van der Waals surface area contributed by atoms with Gasteiger partial charge in [0.25, 0.3) is 0 Å². The first kappa shape index (κ1) is 17.1. The zero-order valence-corrected chi connectivity index (χ0v) is 16.0. The first-order valence-electron chi connectivity index (χ1n) is 9.07. The van der Waals surface area contributed by atoms with Crippen LogP contribution in [0.25, 0.3) is 11.4 Å². The van der Waals surface area contributed by atoms with Crippen LogP contribution in [0.3, 0.4) is 0 Å². The molecule has 0 N–H and O–H groups in total. The SMILES string of the molecule is COc1ccc(C#Cc2ncn3c2Cc2cnnn2-c2cc(OC)ccc2-3)cc1. The molecule has 0 aliphatic carbocycles. The van der Waals surface area contributed by atoms with Crippen molar-refractivity contribution in [3.8, 4) is 34.7 Å². The molecular formula is C22H17N5O2. The molecule has 2 aromatic carbocycles. The van der Waals surface area contributed by atoms with E-state index >= 15 is 0 Å². The van der Waals surface area contributed by atoms with Crippen LogP contribution in [0.4, 0.5) is 0 Å². The van der Waals surface area contributed by atoms with Gasteiger partial charge in [-0.2, -0.15) is 0 Å². The summed E-state index contributed by atoms with van der Waals surface area (Å²) in [5.74, 6) is 7.97. The fourth-order valence-electron chi connectivity index (χ4n) is 3.42. The summed E-state index contributed by atoms with van der Waals surface area (Å²) in [7, 11) is 3.30. The summed E-state index contributed by atoms with van der Waals surface area (Å²) >= 11 is 0. The van der Waals surface area contributed by atoms with Crippen LogP contribution in [0, 0.1) is 11.8 Å². The molecule has 142 valence electrons. The maximum Gasteiger partial charge on any atom is 0.135 e. The quantitative estimate of drug-likeness (QED) is 0.439. The topological polar surface area (TPSA) is 67.0 Å². The number of rotatable bonds is 2. The smallest absolute Gasteiger partial charge is 0.135 e. The first-order chi connectivity index (χ1) is 14.3. The Morgan fingerprint density at radius 1 is 0.931 bits per heavy atom. The Bertz CT molecular complexity index is 1260. The van der Waals surface area contributed by atoms with Gasteiger partial charge in [-0.25, -0.2) is 9.67 Å². The molecule has 29 heavy (non-hydrogen) atoms. The second-order valence-electron chi connectivity index (χ2n) is 6.56. The second-order valence-corrected chi connectivity index (χ2v) is 6.56. The summed E-state index contributed by atoms with van der Waals surface area (Å²) in [6, 6.07) is 13.5. The van der Waals surface area contributed by atoms with Gasteiger partial charge in [0.1, 0.15) is 23.5 Å². The van der Waals surface area contributed by atoms with Crippen LogP contribution in [-0.2, 0) is 6.42 Å². The summed E-state index contributed by atoms with van der Waals surface area (Å²) in [4.78, 5) is 4.57. The molecule has 0 spiro atoms. The van der Waals surface area contributed by atoms with Gasteiger partial charge in [0.2, 0.25) is 0 Å². The molecule has 7 heteroatoms. The number of fused-ring (bicyclic) bond motifs is 5. The third kappa shape index (κ3) is 2.91. The normalized spacial score (nSPS) is 11.4. The molecule has 3 heterocycles. The van der Waals surface area contributed by atoms with Gasteiger partial charge >= 0.3 is 0 Å². The minimum atomic E-state index is 0.622. The zero-order chi connectivity index (χ0) is 19.8. The predicted molar refractivity (Wildman–Crippen MR) is 107 cm³/mol. The van der Waals surface area contributed by atoms with Crippen molar-refractivity contribution >= 4 is 0 Å². The average Bonchev–Trinajstić information content (AvgIpc) is 3.37. The van der Waals surface area contributed by atoms with Gasteiger partial charge in [-0.3, -0.25) is 4.57 Å². The van der Waals surface area contributed by atoms with Crippen molar-refractivity contribution in [1.82, 2.24) is 24.5 Å². The first-order valence-corrected chi connectivity index (χ1v) is 9.07. The maximum atomic E-state index is 5.39. The molecule has 0 unspecified atom stereocenters. The highest BCUT2D eigenvalue weighted by atomic mass is 16.5.